The molecule has 0 rings (SSSR count). The summed E-state index contributed by atoms with van der Waals surface area (Å²) in [5.74, 6) is 0. The van der Waals surface area contributed by atoms with Gasteiger partial charge in [0.05, 0.1) is 0 Å². The minimum Gasteiger partial charge on any atom is -0.286 e. The van der Waals surface area contributed by atoms with Crippen LogP contribution in [0, 0.1) is 10.2 Å². The van der Waals surface area contributed by atoms with Gasteiger partial charge in [0.2, 0.25) is 0 Å². The second-order valence-electron chi connectivity index (χ2n) is 0.756. The van der Waals surface area contributed by atoms with E-state index in [4.69, 9.17) is 32.4 Å². The fraction of sp³-hybridized carbons (Fsp3) is 0. The van der Waals surface area contributed by atoms with Crippen LogP contribution in [-0.2, 0) is 0 Å². The fourth-order valence-corrected chi connectivity index (χ4v) is 0. The molecule has 0 radical (unpaired) electrons. The Morgan fingerprint density at radius 1 is 0.750 bits per heavy atom. The predicted octanol–water partition coefficient (Wildman–Crippen LogP) is -18.5. The van der Waals surface area contributed by atoms with Crippen LogP contribution in [0.5, 0.6) is 0 Å². The summed E-state index contributed by atoms with van der Waals surface area (Å²) >= 11 is -5.94. The third-order valence-corrected chi connectivity index (χ3v) is 0. The molecule has 0 amide bonds. The van der Waals surface area contributed by atoms with Gasteiger partial charge in [-0.2, -0.15) is 0 Å². The molecule has 0 aliphatic heterocycles. The van der Waals surface area contributed by atoms with Gasteiger partial charge in [-0.25, -0.2) is 18.6 Å². The summed E-state index contributed by atoms with van der Waals surface area (Å²) in [6.45, 7) is 0. The molecule has 0 aliphatic carbocycles. The van der Waals surface area contributed by atoms with Gasteiger partial charge in [0.25, 0.3) is 0 Å². The van der Waals surface area contributed by atoms with Crippen LogP contribution in [0.15, 0.2) is 0 Å². The summed E-state index contributed by atoms with van der Waals surface area (Å²) in [7, 11) is -4.94. The molecule has 0 bridgehead atoms. The minimum atomic E-state index is -5.94. The van der Waals surface area contributed by atoms with Crippen molar-refractivity contribution in [3.63, 3.8) is 0 Å². The molecule has 0 saturated carbocycles. The summed E-state index contributed by atoms with van der Waals surface area (Å²) in [4.78, 5) is 0. The first-order chi connectivity index (χ1) is 4.00. The number of hydrogen-bond donors (Lipinski definition) is 0. The Bertz CT molecular complexity index is 62.0. The van der Waals surface area contributed by atoms with Gasteiger partial charge in [0.15, 0.2) is 0 Å². The van der Waals surface area contributed by atoms with E-state index in [2.05, 4.69) is 0 Å². The van der Waals surface area contributed by atoms with E-state index in [0.717, 1.165) is 0 Å². The molecular weight excluding hydrogens is 352 g/mol. The van der Waals surface area contributed by atoms with E-state index < -0.39 is 30.3 Å². The van der Waals surface area contributed by atoms with Crippen LogP contribution in [0.4, 0.5) is 0 Å². The topological polar surface area (TPSA) is 184 Å². The third kappa shape index (κ3) is 182. The number of hydrogen-bond acceptors (Lipinski definition) is 8. The molecule has 0 N–H and O–H groups in total. The van der Waals surface area contributed by atoms with Crippen molar-refractivity contribution in [1.82, 2.24) is 0 Å². The standard InChI is InChI=1S/ClHO4.IO4.K.Na/c2*2-1(3,4)5;;/h(H,2,3,4,5);;;/q;-1;2*+1/p-1. The van der Waals surface area contributed by atoms with E-state index in [-0.39, 0.29) is 80.9 Å². The van der Waals surface area contributed by atoms with Crippen LogP contribution >= 0.6 is 0 Å². The minimum absolute atomic E-state index is 0. The predicted molar refractivity (Wildman–Crippen MR) is 0 cm³/mol. The monoisotopic (exact) mass is 352 g/mol. The van der Waals surface area contributed by atoms with Gasteiger partial charge in [0.1, 0.15) is 20.1 Å². The van der Waals surface area contributed by atoms with Crippen LogP contribution in [0.2, 0.25) is 0 Å². The van der Waals surface area contributed by atoms with Crippen molar-refractivity contribution in [3.05, 3.63) is 0 Å². The number of rotatable bonds is 0. The normalized spacial score (nSPS) is 10.0. The molecule has 0 aliphatic rings. The van der Waals surface area contributed by atoms with Crippen molar-refractivity contribution in [2.24, 2.45) is 0 Å². The molecular formula is ClIKNaO8. The Labute approximate surface area is 140 Å². The van der Waals surface area contributed by atoms with Crippen molar-refractivity contribution in [2.75, 3.05) is 0 Å². The van der Waals surface area contributed by atoms with Gasteiger partial charge in [-0.1, -0.05) is 0 Å². The zero-order valence-corrected chi connectivity index (χ0v) is 14.1. The van der Waals surface area contributed by atoms with Crippen LogP contribution in [0.25, 0.3) is 0 Å². The van der Waals surface area contributed by atoms with E-state index in [1.165, 1.54) is 0 Å². The van der Waals surface area contributed by atoms with E-state index >= 15 is 0 Å². The van der Waals surface area contributed by atoms with Crippen molar-refractivity contribution in [2.45, 2.75) is 0 Å². The molecule has 0 aromatic heterocycles. The molecule has 0 fully saturated rings. The maximum absolute atomic E-state index is 8.62. The summed E-state index contributed by atoms with van der Waals surface area (Å²) < 4.78 is 68.4. The van der Waals surface area contributed by atoms with E-state index in [9.17, 15) is 0 Å². The molecule has 64 valence electrons. The number of halogens is 2. The first-order valence-corrected chi connectivity index (χ1v) is 5.99. The molecule has 0 unspecified atom stereocenters. The second-order valence-corrected chi connectivity index (χ2v) is 3.67. The summed E-state index contributed by atoms with van der Waals surface area (Å²) in [6.07, 6.45) is 0. The van der Waals surface area contributed by atoms with Gasteiger partial charge < -0.3 is 0 Å². The summed E-state index contributed by atoms with van der Waals surface area (Å²) in [5.41, 5.74) is 0. The molecule has 0 aromatic rings. The fourth-order valence-electron chi connectivity index (χ4n) is 0. The van der Waals surface area contributed by atoms with E-state index in [1.807, 2.05) is 0 Å². The molecule has 0 spiro atoms. The largest absolute Gasteiger partial charge is 1.00 e. The average Bonchev–Trinajstić information content (AvgIpc) is 1.12. The van der Waals surface area contributed by atoms with Crippen molar-refractivity contribution >= 4 is 0 Å². The zero-order valence-electron chi connectivity index (χ0n) is 6.02. The molecule has 0 atom stereocenters. The first kappa shape index (κ1) is 24.5. The molecule has 12 heavy (non-hydrogen) atoms. The van der Waals surface area contributed by atoms with Gasteiger partial charge in [-0.15, -0.1) is 10.2 Å². The van der Waals surface area contributed by atoms with E-state index in [0.29, 0.717) is 0 Å². The molecule has 0 aromatic carbocycles. The zero-order chi connectivity index (χ0) is 9.00. The SMILES string of the molecule is [K+].[Na+].[O-][Cl+3]([O-])([O-])[O-].[O-][I+3]([O-])([O-])[O-]. The third-order valence-electron chi connectivity index (χ3n) is 0. The average molecular weight is 352 g/mol. The first-order valence-electron chi connectivity index (χ1n) is 1.23. The molecule has 0 saturated heterocycles. The Kier molecular flexibility index (Phi) is 22.2. The molecule has 0 heterocycles. The maximum atomic E-state index is 8.62. The Morgan fingerprint density at radius 2 is 0.750 bits per heavy atom. The van der Waals surface area contributed by atoms with Gasteiger partial charge >= 0.3 is 80.9 Å². The van der Waals surface area contributed by atoms with Gasteiger partial charge in [-0.3, -0.25) is 13.7 Å². The summed E-state index contributed by atoms with van der Waals surface area (Å²) in [5, 5.41) is 0. The Balaban J connectivity index is -0.0000000457. The van der Waals surface area contributed by atoms with Crippen LogP contribution < -0.4 is 133 Å². The molecule has 12 heteroatoms. The van der Waals surface area contributed by atoms with E-state index in [1.54, 1.807) is 0 Å². The van der Waals surface area contributed by atoms with Crippen molar-refractivity contribution < 1.29 is 144 Å². The van der Waals surface area contributed by atoms with Crippen LogP contribution in [0.1, 0.15) is 0 Å². The van der Waals surface area contributed by atoms with Gasteiger partial charge in [-0.05, 0) is 0 Å². The van der Waals surface area contributed by atoms with Gasteiger partial charge in [0, 0.05) is 0 Å². The van der Waals surface area contributed by atoms with Crippen LogP contribution in [-0.4, -0.2) is 0 Å². The maximum Gasteiger partial charge on any atom is 1.00 e. The molecule has 8 nitrogen and oxygen atoms in total. The van der Waals surface area contributed by atoms with Crippen LogP contribution in [0.3, 0.4) is 0 Å². The quantitative estimate of drug-likeness (QED) is 0.303. The second kappa shape index (κ2) is 10.8. The van der Waals surface area contributed by atoms with Crippen molar-refractivity contribution in [3.8, 4) is 0 Å². The smallest absolute Gasteiger partial charge is 0.286 e. The Morgan fingerprint density at radius 3 is 0.750 bits per heavy atom. The Hall–Kier alpha value is 3.34. The van der Waals surface area contributed by atoms with Crippen molar-refractivity contribution in [1.29, 1.82) is 0 Å². The summed E-state index contributed by atoms with van der Waals surface area (Å²) in [6, 6.07) is 0.